The molecule has 0 atom stereocenters. The minimum Gasteiger partial charge on any atom is -0.383 e. The Morgan fingerprint density at radius 3 is 2.74 bits per heavy atom. The smallest absolute Gasteiger partial charge is 0.292 e. The zero-order valence-electron chi connectivity index (χ0n) is 11.2. The fraction of sp³-hybridized carbons (Fsp3) is 0.571. The highest BCUT2D eigenvalue weighted by molar-refractivity contribution is 5.62. The van der Waals surface area contributed by atoms with Gasteiger partial charge in [-0.2, -0.15) is 0 Å². The Bertz CT molecular complexity index is 442. The largest absolute Gasteiger partial charge is 0.383 e. The van der Waals surface area contributed by atoms with Crippen molar-refractivity contribution in [3.8, 4) is 0 Å². The first-order valence-electron chi connectivity index (χ1n) is 6.77. The number of anilines is 1. The van der Waals surface area contributed by atoms with Gasteiger partial charge in [-0.05, 0) is 30.5 Å². The Balaban J connectivity index is 1.98. The van der Waals surface area contributed by atoms with Crippen LogP contribution in [0, 0.1) is 10.1 Å². The van der Waals surface area contributed by atoms with Crippen LogP contribution in [0.5, 0.6) is 0 Å². The lowest BCUT2D eigenvalue weighted by molar-refractivity contribution is -0.384. The molecule has 1 N–H and O–H groups in total. The summed E-state index contributed by atoms with van der Waals surface area (Å²) in [6, 6.07) is 5.09. The van der Waals surface area contributed by atoms with E-state index in [4.69, 9.17) is 4.74 Å². The lowest BCUT2D eigenvalue weighted by atomic mass is 9.98. The third kappa shape index (κ3) is 3.67. The standard InChI is InChI=1S/C14H20N2O3/c1-15-13-9-11(7-8-14(13)16(17)18)10-19-12-5-3-2-4-6-12/h7-9,12,15H,2-6,10H2,1H3. The lowest BCUT2D eigenvalue weighted by Gasteiger charge is -2.22. The molecule has 5 nitrogen and oxygen atoms in total. The quantitative estimate of drug-likeness (QED) is 0.653. The van der Waals surface area contributed by atoms with Crippen LogP contribution in [0.1, 0.15) is 37.7 Å². The number of hydrogen-bond acceptors (Lipinski definition) is 4. The van der Waals surface area contributed by atoms with E-state index in [0.717, 1.165) is 18.4 Å². The Morgan fingerprint density at radius 2 is 2.11 bits per heavy atom. The van der Waals surface area contributed by atoms with Crippen LogP contribution in [0.25, 0.3) is 0 Å². The fourth-order valence-electron chi connectivity index (χ4n) is 2.48. The highest BCUT2D eigenvalue weighted by Crippen LogP contribution is 2.26. The van der Waals surface area contributed by atoms with Crippen LogP contribution < -0.4 is 5.32 Å². The summed E-state index contributed by atoms with van der Waals surface area (Å²) in [5, 5.41) is 13.7. The molecule has 0 aliphatic heterocycles. The average Bonchev–Trinajstić information content (AvgIpc) is 2.45. The molecule has 1 aromatic rings. The Hall–Kier alpha value is -1.62. The van der Waals surface area contributed by atoms with Gasteiger partial charge in [0.05, 0.1) is 17.6 Å². The van der Waals surface area contributed by atoms with Gasteiger partial charge >= 0.3 is 0 Å². The second-order valence-electron chi connectivity index (χ2n) is 4.93. The molecule has 0 aromatic heterocycles. The number of ether oxygens (including phenoxy) is 1. The van der Waals surface area contributed by atoms with Crippen LogP contribution in [0.2, 0.25) is 0 Å². The van der Waals surface area contributed by atoms with Crippen LogP contribution in [0.4, 0.5) is 11.4 Å². The van der Waals surface area contributed by atoms with Crippen LogP contribution in [-0.4, -0.2) is 18.1 Å². The topological polar surface area (TPSA) is 64.4 Å². The summed E-state index contributed by atoms with van der Waals surface area (Å²) < 4.78 is 5.87. The van der Waals surface area contributed by atoms with Crippen molar-refractivity contribution < 1.29 is 9.66 Å². The zero-order chi connectivity index (χ0) is 13.7. The normalized spacial score (nSPS) is 16.3. The molecule has 0 saturated heterocycles. The van der Waals surface area contributed by atoms with Gasteiger partial charge < -0.3 is 10.1 Å². The maximum atomic E-state index is 10.8. The van der Waals surface area contributed by atoms with Gasteiger partial charge in [0.2, 0.25) is 0 Å². The first-order valence-corrected chi connectivity index (χ1v) is 6.77. The van der Waals surface area contributed by atoms with Gasteiger partial charge in [-0.3, -0.25) is 10.1 Å². The van der Waals surface area contributed by atoms with Gasteiger partial charge in [0, 0.05) is 13.1 Å². The minimum atomic E-state index is -0.377. The van der Waals surface area contributed by atoms with Crippen LogP contribution in [0.3, 0.4) is 0 Å². The molecule has 1 saturated carbocycles. The van der Waals surface area contributed by atoms with Crippen molar-refractivity contribution in [3.05, 3.63) is 33.9 Å². The molecule has 104 valence electrons. The van der Waals surface area contributed by atoms with E-state index in [9.17, 15) is 10.1 Å². The van der Waals surface area contributed by atoms with E-state index in [0.29, 0.717) is 18.4 Å². The average molecular weight is 264 g/mol. The number of nitro groups is 1. The molecule has 1 fully saturated rings. The third-order valence-electron chi connectivity index (χ3n) is 3.56. The van der Waals surface area contributed by atoms with Crippen molar-refractivity contribution in [1.82, 2.24) is 0 Å². The Morgan fingerprint density at radius 1 is 1.37 bits per heavy atom. The van der Waals surface area contributed by atoms with E-state index < -0.39 is 0 Å². The van der Waals surface area contributed by atoms with E-state index in [1.807, 2.05) is 0 Å². The first-order chi connectivity index (χ1) is 9.20. The number of nitro benzene ring substituents is 1. The lowest BCUT2D eigenvalue weighted by Crippen LogP contribution is -2.16. The van der Waals surface area contributed by atoms with Crippen molar-refractivity contribution >= 4 is 11.4 Å². The molecule has 5 heteroatoms. The van der Waals surface area contributed by atoms with E-state index in [2.05, 4.69) is 5.32 Å². The maximum Gasteiger partial charge on any atom is 0.292 e. The Labute approximate surface area is 113 Å². The zero-order valence-corrected chi connectivity index (χ0v) is 11.2. The minimum absolute atomic E-state index is 0.101. The molecular formula is C14H20N2O3. The summed E-state index contributed by atoms with van der Waals surface area (Å²) in [6.45, 7) is 0.525. The summed E-state index contributed by atoms with van der Waals surface area (Å²) in [5.74, 6) is 0. The van der Waals surface area contributed by atoms with Crippen molar-refractivity contribution in [2.75, 3.05) is 12.4 Å². The molecule has 0 spiro atoms. The number of rotatable bonds is 5. The molecule has 1 aliphatic carbocycles. The van der Waals surface area contributed by atoms with E-state index in [1.54, 1.807) is 19.2 Å². The third-order valence-corrected chi connectivity index (χ3v) is 3.56. The molecule has 0 unspecified atom stereocenters. The molecule has 0 amide bonds. The van der Waals surface area contributed by atoms with E-state index >= 15 is 0 Å². The summed E-state index contributed by atoms with van der Waals surface area (Å²) >= 11 is 0. The highest BCUT2D eigenvalue weighted by atomic mass is 16.6. The number of nitrogens with zero attached hydrogens (tertiary/aromatic N) is 1. The summed E-state index contributed by atoms with van der Waals surface area (Å²) in [5.41, 5.74) is 1.61. The molecule has 1 aliphatic rings. The van der Waals surface area contributed by atoms with Gasteiger partial charge in [-0.1, -0.05) is 19.3 Å². The van der Waals surface area contributed by atoms with Crippen molar-refractivity contribution in [2.24, 2.45) is 0 Å². The van der Waals surface area contributed by atoms with Crippen molar-refractivity contribution in [1.29, 1.82) is 0 Å². The molecule has 1 aromatic carbocycles. The second kappa shape index (κ2) is 6.52. The Kier molecular flexibility index (Phi) is 4.74. The molecule has 0 radical (unpaired) electrons. The molecule has 2 rings (SSSR count). The number of benzene rings is 1. The predicted molar refractivity (Wildman–Crippen MR) is 74.3 cm³/mol. The summed E-state index contributed by atoms with van der Waals surface area (Å²) in [7, 11) is 1.69. The van der Waals surface area contributed by atoms with Crippen LogP contribution in [-0.2, 0) is 11.3 Å². The monoisotopic (exact) mass is 264 g/mol. The predicted octanol–water partition coefficient (Wildman–Crippen LogP) is 3.49. The summed E-state index contributed by atoms with van der Waals surface area (Å²) in [6.07, 6.45) is 6.40. The van der Waals surface area contributed by atoms with Gasteiger partial charge in [0.1, 0.15) is 5.69 Å². The molecule has 0 heterocycles. The van der Waals surface area contributed by atoms with Crippen LogP contribution in [0.15, 0.2) is 18.2 Å². The molecule has 19 heavy (non-hydrogen) atoms. The second-order valence-corrected chi connectivity index (χ2v) is 4.93. The van der Waals surface area contributed by atoms with Gasteiger partial charge in [0.15, 0.2) is 0 Å². The van der Waals surface area contributed by atoms with Gasteiger partial charge in [0.25, 0.3) is 5.69 Å². The molecule has 0 bridgehead atoms. The maximum absolute atomic E-state index is 10.8. The SMILES string of the molecule is CNc1cc(COC2CCCCC2)ccc1[N+](=O)[O-]. The van der Waals surface area contributed by atoms with Gasteiger partial charge in [-0.15, -0.1) is 0 Å². The van der Waals surface area contributed by atoms with Crippen molar-refractivity contribution in [3.63, 3.8) is 0 Å². The van der Waals surface area contributed by atoms with Gasteiger partial charge in [-0.25, -0.2) is 0 Å². The van der Waals surface area contributed by atoms with E-state index in [1.165, 1.54) is 25.3 Å². The van der Waals surface area contributed by atoms with Crippen molar-refractivity contribution in [2.45, 2.75) is 44.8 Å². The fourth-order valence-corrected chi connectivity index (χ4v) is 2.48. The first kappa shape index (κ1) is 13.8. The summed E-state index contributed by atoms with van der Waals surface area (Å²) in [4.78, 5) is 10.5. The number of nitrogens with one attached hydrogen (secondary N) is 1. The highest BCUT2D eigenvalue weighted by Gasteiger charge is 2.16. The number of hydrogen-bond donors (Lipinski definition) is 1. The molecular weight excluding hydrogens is 244 g/mol. The van der Waals surface area contributed by atoms with Crippen LogP contribution >= 0.6 is 0 Å². The van der Waals surface area contributed by atoms with E-state index in [-0.39, 0.29) is 10.6 Å².